The lowest BCUT2D eigenvalue weighted by atomic mass is 9.98. The normalized spacial score (nSPS) is 19.4. The second-order valence-corrected chi connectivity index (χ2v) is 6.12. The maximum atomic E-state index is 12.8. The summed E-state index contributed by atoms with van der Waals surface area (Å²) in [5.41, 5.74) is 11.7. The van der Waals surface area contributed by atoms with Crippen molar-refractivity contribution in [3.8, 4) is 0 Å². The first-order valence-corrected chi connectivity index (χ1v) is 8.23. The van der Waals surface area contributed by atoms with Crippen LogP contribution in [0.2, 0.25) is 0 Å². The highest BCUT2D eigenvalue weighted by atomic mass is 19.4. The number of dihydropyridines is 1. The molecule has 1 atom stereocenters. The van der Waals surface area contributed by atoms with Crippen molar-refractivity contribution in [3.63, 3.8) is 0 Å². The van der Waals surface area contributed by atoms with Crippen LogP contribution in [0.1, 0.15) is 17.7 Å². The van der Waals surface area contributed by atoms with E-state index in [9.17, 15) is 13.2 Å². The summed E-state index contributed by atoms with van der Waals surface area (Å²) >= 11 is 0. The second kappa shape index (κ2) is 7.37. The number of nitrogens with zero attached hydrogens (tertiary/aromatic N) is 2. The Hall–Kier alpha value is -2.91. The van der Waals surface area contributed by atoms with Crippen molar-refractivity contribution in [1.82, 2.24) is 15.3 Å². The van der Waals surface area contributed by atoms with Gasteiger partial charge >= 0.3 is 6.18 Å². The summed E-state index contributed by atoms with van der Waals surface area (Å²) < 4.78 is 38.5. The highest BCUT2D eigenvalue weighted by Gasteiger charge is 2.30. The quantitative estimate of drug-likeness (QED) is 0.640. The molecule has 27 heavy (non-hydrogen) atoms. The van der Waals surface area contributed by atoms with E-state index in [2.05, 4.69) is 20.6 Å². The summed E-state index contributed by atoms with van der Waals surface area (Å²) in [6.45, 7) is 0.414. The second-order valence-electron chi connectivity index (χ2n) is 6.12. The van der Waals surface area contributed by atoms with Crippen LogP contribution in [0.4, 0.5) is 24.8 Å². The molecular weight excluding hydrogens is 357 g/mol. The van der Waals surface area contributed by atoms with Crippen LogP contribution in [0.3, 0.4) is 0 Å². The van der Waals surface area contributed by atoms with E-state index in [0.717, 1.165) is 23.9 Å². The van der Waals surface area contributed by atoms with Gasteiger partial charge in [-0.05, 0) is 55.6 Å². The Morgan fingerprint density at radius 1 is 1.19 bits per heavy atom. The zero-order valence-electron chi connectivity index (χ0n) is 14.3. The van der Waals surface area contributed by atoms with Gasteiger partial charge in [0.25, 0.3) is 0 Å². The molecule has 3 rings (SSSR count). The molecule has 1 aliphatic rings. The molecule has 0 spiro atoms. The third kappa shape index (κ3) is 4.63. The Morgan fingerprint density at radius 3 is 2.74 bits per heavy atom. The summed E-state index contributed by atoms with van der Waals surface area (Å²) in [6.07, 6.45) is 2.56. The number of allylic oxidation sites excluding steroid dienone is 2. The van der Waals surface area contributed by atoms with Crippen LogP contribution < -0.4 is 22.1 Å². The molecule has 0 bridgehead atoms. The first-order chi connectivity index (χ1) is 12.8. The largest absolute Gasteiger partial charge is 0.416 e. The maximum Gasteiger partial charge on any atom is 0.416 e. The van der Waals surface area contributed by atoms with E-state index in [0.29, 0.717) is 24.5 Å². The van der Waals surface area contributed by atoms with E-state index in [1.165, 1.54) is 0 Å². The highest BCUT2D eigenvalue weighted by molar-refractivity contribution is 5.74. The minimum absolute atomic E-state index is 0.0561. The van der Waals surface area contributed by atoms with Crippen LogP contribution in [0.15, 0.2) is 54.9 Å². The number of alkyl halides is 3. The summed E-state index contributed by atoms with van der Waals surface area (Å²) in [4.78, 5) is 8.36. The maximum absolute atomic E-state index is 12.8. The lowest BCUT2D eigenvalue weighted by Crippen LogP contribution is -2.51. The van der Waals surface area contributed by atoms with Gasteiger partial charge in [0, 0.05) is 11.8 Å². The van der Waals surface area contributed by atoms with E-state index in [4.69, 9.17) is 11.5 Å². The van der Waals surface area contributed by atoms with Crippen LogP contribution >= 0.6 is 0 Å². The third-order valence-corrected chi connectivity index (χ3v) is 3.97. The molecule has 142 valence electrons. The Kier molecular flexibility index (Phi) is 5.15. The topological polar surface area (TPSA) is 102 Å². The molecule has 1 aliphatic heterocycles. The van der Waals surface area contributed by atoms with E-state index in [-0.39, 0.29) is 5.82 Å². The van der Waals surface area contributed by atoms with Gasteiger partial charge in [-0.2, -0.15) is 13.2 Å². The first-order valence-electron chi connectivity index (χ1n) is 8.23. The smallest absolute Gasteiger partial charge is 0.370 e. The third-order valence-electron chi connectivity index (χ3n) is 3.97. The van der Waals surface area contributed by atoms with Crippen LogP contribution in [0.25, 0.3) is 5.57 Å². The average molecular weight is 376 g/mol. The van der Waals surface area contributed by atoms with Crippen molar-refractivity contribution in [3.05, 3.63) is 66.1 Å². The summed E-state index contributed by atoms with van der Waals surface area (Å²) in [6, 6.07) is 7.03. The van der Waals surface area contributed by atoms with Crippen LogP contribution in [-0.2, 0) is 6.18 Å². The van der Waals surface area contributed by atoms with Crippen LogP contribution in [0, 0.1) is 0 Å². The molecule has 2 aromatic heterocycles. The molecule has 6 nitrogen and oxygen atoms in total. The fraction of sp³-hybridized carbons (Fsp3) is 0.222. The fourth-order valence-corrected chi connectivity index (χ4v) is 2.67. The summed E-state index contributed by atoms with van der Waals surface area (Å²) in [7, 11) is 0. The van der Waals surface area contributed by atoms with Gasteiger partial charge < -0.3 is 22.1 Å². The first kappa shape index (κ1) is 18.9. The van der Waals surface area contributed by atoms with Crippen molar-refractivity contribution in [1.29, 1.82) is 0 Å². The monoisotopic (exact) mass is 376 g/mol. The molecule has 2 aromatic rings. The molecule has 0 saturated heterocycles. The van der Waals surface area contributed by atoms with Gasteiger partial charge in [-0.3, -0.25) is 0 Å². The average Bonchev–Trinajstić information content (AvgIpc) is 2.61. The molecule has 0 aliphatic carbocycles. The number of pyridine rings is 2. The predicted molar refractivity (Wildman–Crippen MR) is 97.6 cm³/mol. The molecule has 0 radical (unpaired) electrons. The summed E-state index contributed by atoms with van der Waals surface area (Å²) in [5, 5.41) is 5.85. The standard InChI is InChI=1S/C18H19F3N6/c19-18(20,21)13-5-8-24-16(10-13)27-15-3-1-2-14(26-15)12-4-9-25-17(23,11-12)6-7-22/h1-5,8-11,25H,6-7,22-23H2,(H,24,26,27). The Balaban J connectivity index is 1.85. The van der Waals surface area contributed by atoms with Crippen LogP contribution in [-0.4, -0.2) is 22.2 Å². The van der Waals surface area contributed by atoms with Gasteiger partial charge in [0.05, 0.1) is 11.3 Å². The summed E-state index contributed by atoms with van der Waals surface area (Å²) in [5.74, 6) is 0.425. The van der Waals surface area contributed by atoms with E-state index < -0.39 is 17.4 Å². The molecule has 0 saturated carbocycles. The number of hydrogen-bond acceptors (Lipinski definition) is 6. The van der Waals surface area contributed by atoms with Gasteiger partial charge in [-0.15, -0.1) is 0 Å². The number of rotatable bonds is 5. The number of aromatic nitrogens is 2. The minimum atomic E-state index is -4.44. The van der Waals surface area contributed by atoms with Crippen molar-refractivity contribution in [2.75, 3.05) is 11.9 Å². The van der Waals surface area contributed by atoms with Gasteiger partial charge in [0.2, 0.25) is 0 Å². The molecule has 3 heterocycles. The van der Waals surface area contributed by atoms with Gasteiger partial charge in [0.15, 0.2) is 0 Å². The molecule has 0 aromatic carbocycles. The molecule has 0 amide bonds. The molecule has 0 fully saturated rings. The lowest BCUT2D eigenvalue weighted by Gasteiger charge is -2.29. The predicted octanol–water partition coefficient (Wildman–Crippen LogP) is 2.74. The fourth-order valence-electron chi connectivity index (χ4n) is 2.67. The van der Waals surface area contributed by atoms with Crippen molar-refractivity contribution in [2.45, 2.75) is 18.3 Å². The van der Waals surface area contributed by atoms with Gasteiger partial charge in [0.1, 0.15) is 17.3 Å². The Bertz CT molecular complexity index is 877. The molecular formula is C18H19F3N6. The minimum Gasteiger partial charge on any atom is -0.370 e. The zero-order valence-corrected chi connectivity index (χ0v) is 14.3. The number of halogens is 3. The van der Waals surface area contributed by atoms with E-state index in [1.807, 2.05) is 12.2 Å². The van der Waals surface area contributed by atoms with E-state index in [1.54, 1.807) is 24.4 Å². The Labute approximate surface area is 154 Å². The number of nitrogens with two attached hydrogens (primary N) is 2. The molecule has 9 heteroatoms. The Morgan fingerprint density at radius 2 is 2.00 bits per heavy atom. The van der Waals surface area contributed by atoms with Crippen molar-refractivity contribution in [2.24, 2.45) is 11.5 Å². The highest BCUT2D eigenvalue weighted by Crippen LogP contribution is 2.30. The number of anilines is 2. The van der Waals surface area contributed by atoms with Gasteiger partial charge in [-0.25, -0.2) is 9.97 Å². The number of hydrogen-bond donors (Lipinski definition) is 4. The van der Waals surface area contributed by atoms with Crippen LogP contribution in [0.5, 0.6) is 0 Å². The van der Waals surface area contributed by atoms with Crippen molar-refractivity contribution < 1.29 is 13.2 Å². The molecule has 1 unspecified atom stereocenters. The zero-order chi connectivity index (χ0) is 19.5. The SMILES string of the molecule is NCCC1(N)C=C(c2cccc(Nc3cc(C(F)(F)F)ccn3)n2)C=CN1. The van der Waals surface area contributed by atoms with Gasteiger partial charge in [-0.1, -0.05) is 6.07 Å². The van der Waals surface area contributed by atoms with Crippen molar-refractivity contribution >= 4 is 17.2 Å². The number of nitrogens with one attached hydrogen (secondary N) is 2. The molecule has 6 N–H and O–H groups in total. The van der Waals surface area contributed by atoms with E-state index >= 15 is 0 Å². The lowest BCUT2D eigenvalue weighted by molar-refractivity contribution is -0.137.